The van der Waals surface area contributed by atoms with Crippen LogP contribution >= 0.6 is 0 Å². The molecule has 0 saturated carbocycles. The van der Waals surface area contributed by atoms with Gasteiger partial charge in [0.1, 0.15) is 11.6 Å². The molecule has 3 nitrogen and oxygen atoms in total. The minimum absolute atomic E-state index is 0.162. The molecule has 0 spiro atoms. The van der Waals surface area contributed by atoms with Crippen LogP contribution in [0, 0.1) is 11.7 Å². The monoisotopic (exact) mass is 266 g/mol. The van der Waals surface area contributed by atoms with Gasteiger partial charge in [-0.3, -0.25) is 4.90 Å². The van der Waals surface area contributed by atoms with Crippen molar-refractivity contribution in [1.29, 1.82) is 0 Å². The Morgan fingerprint density at radius 3 is 2.95 bits per heavy atom. The van der Waals surface area contributed by atoms with Crippen molar-refractivity contribution in [3.05, 3.63) is 29.6 Å². The van der Waals surface area contributed by atoms with Crippen LogP contribution in [0.25, 0.3) is 0 Å². The first-order valence-electron chi connectivity index (χ1n) is 7.05. The van der Waals surface area contributed by atoms with Crippen molar-refractivity contribution in [2.75, 3.05) is 13.1 Å². The summed E-state index contributed by atoms with van der Waals surface area (Å²) in [5.74, 6) is 0.598. The Morgan fingerprint density at radius 1 is 1.47 bits per heavy atom. The maximum Gasteiger partial charge on any atom is 0.123 e. The number of nitrogens with two attached hydrogens (primary N) is 1. The van der Waals surface area contributed by atoms with Crippen LogP contribution in [0.2, 0.25) is 0 Å². The Morgan fingerprint density at radius 2 is 2.26 bits per heavy atom. The minimum Gasteiger partial charge on any atom is -0.508 e. The number of phenolic OH excluding ortho intramolecular Hbond substituents is 1. The molecule has 106 valence electrons. The second-order valence-corrected chi connectivity index (χ2v) is 5.43. The average Bonchev–Trinajstić information content (AvgIpc) is 2.43. The highest BCUT2D eigenvalue weighted by molar-refractivity contribution is 5.32. The molecule has 0 aliphatic carbocycles. The van der Waals surface area contributed by atoms with Crippen LogP contribution in [0.4, 0.5) is 4.39 Å². The van der Waals surface area contributed by atoms with Crippen molar-refractivity contribution in [1.82, 2.24) is 4.90 Å². The fourth-order valence-corrected chi connectivity index (χ4v) is 2.91. The zero-order chi connectivity index (χ0) is 13.8. The Balaban J connectivity index is 2.07. The molecule has 0 amide bonds. The lowest BCUT2D eigenvalue weighted by atomic mass is 9.88. The van der Waals surface area contributed by atoms with Crippen LogP contribution in [0.3, 0.4) is 0 Å². The first kappa shape index (κ1) is 14.3. The molecule has 2 unspecified atom stereocenters. The van der Waals surface area contributed by atoms with Gasteiger partial charge >= 0.3 is 0 Å². The molecule has 1 aliphatic rings. The quantitative estimate of drug-likeness (QED) is 0.880. The SMILES string of the molecule is CCC1CCN(Cc2cc(F)ccc2O)C(CN)C1. The van der Waals surface area contributed by atoms with Crippen LogP contribution in [-0.4, -0.2) is 29.1 Å². The summed E-state index contributed by atoms with van der Waals surface area (Å²) in [4.78, 5) is 2.26. The number of nitrogens with zero attached hydrogens (tertiary/aromatic N) is 1. The molecular weight excluding hydrogens is 243 g/mol. The number of rotatable bonds is 4. The Bertz CT molecular complexity index is 425. The van der Waals surface area contributed by atoms with E-state index < -0.39 is 0 Å². The molecule has 2 atom stereocenters. The standard InChI is InChI=1S/C15H23FN2O/c1-2-11-5-6-18(14(7-11)9-17)10-12-8-13(16)3-4-15(12)19/h3-4,8,11,14,19H,2,5-7,9-10,17H2,1H3. The molecule has 0 bridgehead atoms. The highest BCUT2D eigenvalue weighted by atomic mass is 19.1. The van der Waals surface area contributed by atoms with Gasteiger partial charge in [0, 0.05) is 24.7 Å². The molecule has 1 fully saturated rings. The van der Waals surface area contributed by atoms with Crippen LogP contribution in [0.5, 0.6) is 5.75 Å². The summed E-state index contributed by atoms with van der Waals surface area (Å²) in [5, 5.41) is 9.80. The second-order valence-electron chi connectivity index (χ2n) is 5.43. The van der Waals surface area contributed by atoms with Gasteiger partial charge in [0.25, 0.3) is 0 Å². The van der Waals surface area contributed by atoms with E-state index in [4.69, 9.17) is 5.73 Å². The van der Waals surface area contributed by atoms with Crippen molar-refractivity contribution < 1.29 is 9.50 Å². The molecule has 2 rings (SSSR count). The number of benzene rings is 1. The first-order valence-corrected chi connectivity index (χ1v) is 7.05. The molecule has 0 aromatic heterocycles. The van der Waals surface area contributed by atoms with Gasteiger partial charge in [0.2, 0.25) is 0 Å². The van der Waals surface area contributed by atoms with Gasteiger partial charge < -0.3 is 10.8 Å². The van der Waals surface area contributed by atoms with E-state index in [0.29, 0.717) is 24.7 Å². The minimum atomic E-state index is -0.305. The molecular formula is C15H23FN2O. The van der Waals surface area contributed by atoms with Crippen molar-refractivity contribution >= 4 is 0 Å². The normalized spacial score (nSPS) is 24.6. The van der Waals surface area contributed by atoms with E-state index in [2.05, 4.69) is 11.8 Å². The van der Waals surface area contributed by atoms with Crippen molar-refractivity contribution in [2.24, 2.45) is 11.7 Å². The molecule has 19 heavy (non-hydrogen) atoms. The van der Waals surface area contributed by atoms with E-state index >= 15 is 0 Å². The van der Waals surface area contributed by atoms with Crippen molar-refractivity contribution in [3.63, 3.8) is 0 Å². The van der Waals surface area contributed by atoms with E-state index in [0.717, 1.165) is 25.3 Å². The summed E-state index contributed by atoms with van der Waals surface area (Å²) in [6.45, 7) is 4.37. The van der Waals surface area contributed by atoms with Crippen LogP contribution < -0.4 is 5.73 Å². The number of halogens is 1. The summed E-state index contributed by atoms with van der Waals surface area (Å²) >= 11 is 0. The van der Waals surface area contributed by atoms with Crippen LogP contribution in [0.15, 0.2) is 18.2 Å². The summed E-state index contributed by atoms with van der Waals surface area (Å²) in [6, 6.07) is 4.44. The molecule has 1 aromatic carbocycles. The topological polar surface area (TPSA) is 49.5 Å². The van der Waals surface area contributed by atoms with E-state index in [1.165, 1.54) is 24.6 Å². The number of likely N-dealkylation sites (tertiary alicyclic amines) is 1. The molecule has 1 aromatic rings. The molecule has 1 heterocycles. The van der Waals surface area contributed by atoms with Gasteiger partial charge in [0.15, 0.2) is 0 Å². The lowest BCUT2D eigenvalue weighted by Crippen LogP contribution is -2.46. The van der Waals surface area contributed by atoms with Gasteiger partial charge in [-0.1, -0.05) is 13.3 Å². The Hall–Kier alpha value is -1.13. The summed E-state index contributed by atoms with van der Waals surface area (Å²) in [5.41, 5.74) is 6.50. The molecule has 0 radical (unpaired) electrons. The molecule has 3 N–H and O–H groups in total. The number of hydrogen-bond donors (Lipinski definition) is 2. The van der Waals surface area contributed by atoms with Gasteiger partial charge in [-0.25, -0.2) is 4.39 Å². The number of hydrogen-bond acceptors (Lipinski definition) is 3. The number of piperidine rings is 1. The van der Waals surface area contributed by atoms with E-state index in [9.17, 15) is 9.50 Å². The lowest BCUT2D eigenvalue weighted by Gasteiger charge is -2.39. The maximum absolute atomic E-state index is 13.2. The number of aromatic hydroxyl groups is 1. The Kier molecular flexibility index (Phi) is 4.77. The van der Waals surface area contributed by atoms with Crippen LogP contribution in [0.1, 0.15) is 31.7 Å². The third-order valence-corrected chi connectivity index (χ3v) is 4.21. The maximum atomic E-state index is 13.2. The largest absolute Gasteiger partial charge is 0.508 e. The van der Waals surface area contributed by atoms with E-state index in [-0.39, 0.29) is 11.6 Å². The summed E-state index contributed by atoms with van der Waals surface area (Å²) in [6.07, 6.45) is 3.45. The molecule has 4 heteroatoms. The second kappa shape index (κ2) is 6.35. The third-order valence-electron chi connectivity index (χ3n) is 4.21. The van der Waals surface area contributed by atoms with Gasteiger partial charge in [-0.15, -0.1) is 0 Å². The van der Waals surface area contributed by atoms with Crippen LogP contribution in [-0.2, 0) is 6.54 Å². The summed E-state index contributed by atoms with van der Waals surface area (Å²) in [7, 11) is 0. The zero-order valence-electron chi connectivity index (χ0n) is 11.5. The smallest absolute Gasteiger partial charge is 0.123 e. The predicted octanol–water partition coefficient (Wildman–Crippen LogP) is 2.48. The molecule has 1 saturated heterocycles. The summed E-state index contributed by atoms with van der Waals surface area (Å²) < 4.78 is 13.2. The van der Waals surface area contributed by atoms with E-state index in [1.54, 1.807) is 0 Å². The highest BCUT2D eigenvalue weighted by Crippen LogP contribution is 2.28. The van der Waals surface area contributed by atoms with E-state index in [1.807, 2.05) is 0 Å². The lowest BCUT2D eigenvalue weighted by molar-refractivity contribution is 0.106. The van der Waals surface area contributed by atoms with Gasteiger partial charge in [0.05, 0.1) is 0 Å². The van der Waals surface area contributed by atoms with Gasteiger partial charge in [-0.2, -0.15) is 0 Å². The predicted molar refractivity (Wildman–Crippen MR) is 74.3 cm³/mol. The van der Waals surface area contributed by atoms with Crippen molar-refractivity contribution in [3.8, 4) is 5.75 Å². The highest BCUT2D eigenvalue weighted by Gasteiger charge is 2.27. The average molecular weight is 266 g/mol. The fourth-order valence-electron chi connectivity index (χ4n) is 2.91. The Labute approximate surface area is 114 Å². The zero-order valence-corrected chi connectivity index (χ0v) is 11.5. The van der Waals surface area contributed by atoms with Crippen molar-refractivity contribution in [2.45, 2.75) is 38.8 Å². The fraction of sp³-hybridized carbons (Fsp3) is 0.600. The number of phenols is 1. The van der Waals surface area contributed by atoms with Gasteiger partial charge in [-0.05, 0) is 43.5 Å². The first-order chi connectivity index (χ1) is 9.13. The molecule has 1 aliphatic heterocycles. The third kappa shape index (κ3) is 3.45.